The number of aromatic nitrogens is 1. The molecule has 0 aliphatic carbocycles. The molecule has 0 saturated carbocycles. The predicted molar refractivity (Wildman–Crippen MR) is 74.2 cm³/mol. The number of carbonyl (C=O) groups excluding carboxylic acids is 1. The van der Waals surface area contributed by atoms with Gasteiger partial charge in [-0.2, -0.15) is 0 Å². The van der Waals surface area contributed by atoms with Crippen LogP contribution >= 0.6 is 0 Å². The second-order valence-electron chi connectivity index (χ2n) is 5.04. The quantitative estimate of drug-likeness (QED) is 0.858. The minimum atomic E-state index is 0.0253. The van der Waals surface area contributed by atoms with Crippen LogP contribution in [-0.2, 0) is 0 Å². The van der Waals surface area contributed by atoms with Crippen molar-refractivity contribution in [3.05, 3.63) is 23.5 Å². The molecule has 1 unspecified atom stereocenters. The Balaban J connectivity index is 2.12. The highest BCUT2D eigenvalue weighted by molar-refractivity contribution is 5.99. The number of rotatable bonds is 4. The monoisotopic (exact) mass is 263 g/mol. The first-order valence-corrected chi connectivity index (χ1v) is 6.70. The number of aryl methyl sites for hydroxylation is 1. The van der Waals surface area contributed by atoms with Gasteiger partial charge < -0.3 is 15.3 Å². The molecule has 1 aliphatic heterocycles. The number of hydrogen-bond acceptors (Lipinski definition) is 4. The van der Waals surface area contributed by atoms with Crippen LogP contribution in [0, 0.1) is 12.8 Å². The molecule has 1 amide bonds. The lowest BCUT2D eigenvalue weighted by Gasteiger charge is -2.18. The molecular formula is C14H21N3O2. The van der Waals surface area contributed by atoms with Crippen molar-refractivity contribution in [1.29, 1.82) is 0 Å². The van der Waals surface area contributed by atoms with Crippen LogP contribution in [0.4, 0.5) is 5.69 Å². The largest absolute Gasteiger partial charge is 0.396 e. The number of likely N-dealkylation sites (tertiary alicyclic amines) is 1. The van der Waals surface area contributed by atoms with Crippen molar-refractivity contribution < 1.29 is 9.90 Å². The molecule has 0 bridgehead atoms. The lowest BCUT2D eigenvalue weighted by atomic mass is 10.1. The molecule has 2 heterocycles. The fraction of sp³-hybridized carbons (Fsp3) is 0.571. The molecule has 1 fully saturated rings. The number of aliphatic hydroxyl groups is 1. The van der Waals surface area contributed by atoms with Gasteiger partial charge in [-0.3, -0.25) is 9.78 Å². The number of amides is 1. The van der Waals surface area contributed by atoms with Crippen LogP contribution in [0.25, 0.3) is 0 Å². The van der Waals surface area contributed by atoms with E-state index in [1.165, 1.54) is 0 Å². The lowest BCUT2D eigenvalue weighted by molar-refractivity contribution is 0.0785. The van der Waals surface area contributed by atoms with Gasteiger partial charge in [-0.1, -0.05) is 0 Å². The van der Waals surface area contributed by atoms with Crippen molar-refractivity contribution in [1.82, 2.24) is 9.88 Å². The average molecular weight is 263 g/mol. The Morgan fingerprint density at radius 3 is 3.11 bits per heavy atom. The molecule has 19 heavy (non-hydrogen) atoms. The van der Waals surface area contributed by atoms with E-state index in [9.17, 15) is 4.79 Å². The van der Waals surface area contributed by atoms with E-state index in [1.807, 2.05) is 24.9 Å². The summed E-state index contributed by atoms with van der Waals surface area (Å²) in [6.07, 6.45) is 3.39. The maximum absolute atomic E-state index is 12.5. The molecule has 0 aromatic carbocycles. The van der Waals surface area contributed by atoms with Crippen molar-refractivity contribution in [2.75, 3.05) is 32.1 Å². The molecule has 1 saturated heterocycles. The van der Waals surface area contributed by atoms with Gasteiger partial charge in [0.05, 0.1) is 11.3 Å². The highest BCUT2D eigenvalue weighted by Crippen LogP contribution is 2.24. The third-order valence-corrected chi connectivity index (χ3v) is 3.65. The van der Waals surface area contributed by atoms with Gasteiger partial charge in [0.15, 0.2) is 0 Å². The van der Waals surface area contributed by atoms with Crippen molar-refractivity contribution in [3.8, 4) is 0 Å². The van der Waals surface area contributed by atoms with E-state index >= 15 is 0 Å². The SMILES string of the molecule is CNc1cc(C)ncc1C(=O)N1CCC(CCO)C1. The summed E-state index contributed by atoms with van der Waals surface area (Å²) in [4.78, 5) is 18.5. The molecule has 0 radical (unpaired) electrons. The van der Waals surface area contributed by atoms with Crippen LogP contribution < -0.4 is 5.32 Å². The molecule has 1 aromatic heterocycles. The van der Waals surface area contributed by atoms with E-state index in [2.05, 4.69) is 10.3 Å². The smallest absolute Gasteiger partial charge is 0.257 e. The molecule has 2 N–H and O–H groups in total. The second-order valence-corrected chi connectivity index (χ2v) is 5.04. The van der Waals surface area contributed by atoms with E-state index in [0.717, 1.165) is 37.3 Å². The van der Waals surface area contributed by atoms with Crippen LogP contribution in [0.15, 0.2) is 12.3 Å². The molecule has 1 aromatic rings. The van der Waals surface area contributed by atoms with Gasteiger partial charge in [-0.15, -0.1) is 0 Å². The van der Waals surface area contributed by atoms with Gasteiger partial charge >= 0.3 is 0 Å². The highest BCUT2D eigenvalue weighted by atomic mass is 16.3. The van der Waals surface area contributed by atoms with Crippen LogP contribution in [0.3, 0.4) is 0 Å². The minimum absolute atomic E-state index is 0.0253. The molecule has 1 aliphatic rings. The van der Waals surface area contributed by atoms with Gasteiger partial charge in [0.1, 0.15) is 0 Å². The van der Waals surface area contributed by atoms with Crippen molar-refractivity contribution >= 4 is 11.6 Å². The summed E-state index contributed by atoms with van der Waals surface area (Å²) in [7, 11) is 1.81. The maximum atomic E-state index is 12.5. The summed E-state index contributed by atoms with van der Waals surface area (Å²) in [5.41, 5.74) is 2.33. The summed E-state index contributed by atoms with van der Waals surface area (Å²) in [5, 5.41) is 12.0. The number of aliphatic hydroxyl groups excluding tert-OH is 1. The zero-order valence-electron chi connectivity index (χ0n) is 11.5. The predicted octanol–water partition coefficient (Wildman–Crippen LogP) is 1.28. The first kappa shape index (κ1) is 13.8. The Morgan fingerprint density at radius 2 is 2.42 bits per heavy atom. The van der Waals surface area contributed by atoms with Crippen molar-refractivity contribution in [3.63, 3.8) is 0 Å². The van der Waals surface area contributed by atoms with Gasteiger partial charge in [-0.05, 0) is 31.7 Å². The zero-order valence-corrected chi connectivity index (χ0v) is 11.5. The number of nitrogens with zero attached hydrogens (tertiary/aromatic N) is 2. The van der Waals surface area contributed by atoms with E-state index in [-0.39, 0.29) is 12.5 Å². The third kappa shape index (κ3) is 3.04. The fourth-order valence-corrected chi connectivity index (χ4v) is 2.54. The summed E-state index contributed by atoms with van der Waals surface area (Å²) in [6, 6.07) is 1.88. The van der Waals surface area contributed by atoms with Gasteiger partial charge in [0.25, 0.3) is 5.91 Å². The van der Waals surface area contributed by atoms with E-state index in [0.29, 0.717) is 11.5 Å². The Labute approximate surface area is 113 Å². The first-order valence-electron chi connectivity index (χ1n) is 6.70. The zero-order chi connectivity index (χ0) is 13.8. The first-order chi connectivity index (χ1) is 9.15. The molecule has 104 valence electrons. The van der Waals surface area contributed by atoms with E-state index in [1.54, 1.807) is 6.20 Å². The van der Waals surface area contributed by atoms with Crippen LogP contribution in [-0.4, -0.2) is 47.6 Å². The average Bonchev–Trinajstić information content (AvgIpc) is 2.87. The summed E-state index contributed by atoms with van der Waals surface area (Å²) < 4.78 is 0. The Kier molecular flexibility index (Phi) is 4.37. The Hall–Kier alpha value is -1.62. The van der Waals surface area contributed by atoms with Gasteiger partial charge in [0, 0.05) is 38.6 Å². The van der Waals surface area contributed by atoms with E-state index < -0.39 is 0 Å². The molecule has 5 nitrogen and oxygen atoms in total. The molecule has 1 atom stereocenters. The second kappa shape index (κ2) is 6.02. The number of carbonyl (C=O) groups is 1. The standard InChI is InChI=1S/C14H21N3O2/c1-10-7-13(15-2)12(8-16-10)14(19)17-5-3-11(9-17)4-6-18/h7-8,11,18H,3-6,9H2,1-2H3,(H,15,16). The lowest BCUT2D eigenvalue weighted by Crippen LogP contribution is -2.29. The van der Waals surface area contributed by atoms with Crippen molar-refractivity contribution in [2.45, 2.75) is 19.8 Å². The topological polar surface area (TPSA) is 65.5 Å². The number of nitrogens with one attached hydrogen (secondary N) is 1. The minimum Gasteiger partial charge on any atom is -0.396 e. The van der Waals surface area contributed by atoms with Gasteiger partial charge in [-0.25, -0.2) is 0 Å². The summed E-state index contributed by atoms with van der Waals surface area (Å²) in [5.74, 6) is 0.447. The highest BCUT2D eigenvalue weighted by Gasteiger charge is 2.27. The number of anilines is 1. The van der Waals surface area contributed by atoms with Crippen molar-refractivity contribution in [2.24, 2.45) is 5.92 Å². The Bertz CT molecular complexity index is 462. The van der Waals surface area contributed by atoms with Gasteiger partial charge in [0.2, 0.25) is 0 Å². The fourth-order valence-electron chi connectivity index (χ4n) is 2.54. The summed E-state index contributed by atoms with van der Waals surface area (Å²) in [6.45, 7) is 3.60. The van der Waals surface area contributed by atoms with Crippen LogP contribution in [0.1, 0.15) is 28.9 Å². The molecule has 5 heteroatoms. The molecule has 0 spiro atoms. The normalized spacial score (nSPS) is 18.7. The number of pyridine rings is 1. The van der Waals surface area contributed by atoms with E-state index in [4.69, 9.17) is 5.11 Å². The summed E-state index contributed by atoms with van der Waals surface area (Å²) >= 11 is 0. The number of hydrogen-bond donors (Lipinski definition) is 2. The molecular weight excluding hydrogens is 242 g/mol. The van der Waals surface area contributed by atoms with Crippen LogP contribution in [0.2, 0.25) is 0 Å². The molecule has 2 rings (SSSR count). The van der Waals surface area contributed by atoms with Crippen LogP contribution in [0.5, 0.6) is 0 Å². The third-order valence-electron chi connectivity index (χ3n) is 3.65. The maximum Gasteiger partial charge on any atom is 0.257 e. The Morgan fingerprint density at radius 1 is 1.63 bits per heavy atom.